The Morgan fingerprint density at radius 2 is 2.14 bits per heavy atom. The van der Waals surface area contributed by atoms with Crippen molar-refractivity contribution in [3.8, 4) is 5.88 Å². The lowest BCUT2D eigenvalue weighted by molar-refractivity contribution is -0.144. The highest BCUT2D eigenvalue weighted by Crippen LogP contribution is 2.31. The van der Waals surface area contributed by atoms with Gasteiger partial charge in [0.25, 0.3) is 5.91 Å². The van der Waals surface area contributed by atoms with Crippen molar-refractivity contribution in [3.05, 3.63) is 36.9 Å². The number of amides is 1. The van der Waals surface area contributed by atoms with Crippen molar-refractivity contribution >= 4 is 28.2 Å². The number of fused-ring (bicyclic) bond motifs is 1. The molecule has 0 saturated carbocycles. The molecule has 0 bridgehead atoms. The summed E-state index contributed by atoms with van der Waals surface area (Å²) < 4.78 is 12.1. The van der Waals surface area contributed by atoms with Crippen LogP contribution in [-0.4, -0.2) is 51.2 Å². The molecule has 0 radical (unpaired) electrons. The van der Waals surface area contributed by atoms with Gasteiger partial charge < -0.3 is 14.8 Å². The monoisotopic (exact) mass is 384 g/mol. The summed E-state index contributed by atoms with van der Waals surface area (Å²) in [5.41, 5.74) is 3.01. The van der Waals surface area contributed by atoms with Gasteiger partial charge in [0, 0.05) is 56.1 Å². The lowest BCUT2D eigenvalue weighted by Gasteiger charge is -2.34. The topological polar surface area (TPSA) is 123 Å². The molecule has 1 saturated heterocycles. The van der Waals surface area contributed by atoms with E-state index in [-0.39, 0.29) is 0 Å². The number of methoxy groups -OCH3 is 1. The molecule has 0 unspecified atom stereocenters. The lowest BCUT2D eigenvalue weighted by Crippen LogP contribution is -2.51. The van der Waals surface area contributed by atoms with Crippen LogP contribution in [0.25, 0.3) is 10.9 Å². The molecule has 4 rings (SSSR count). The van der Waals surface area contributed by atoms with Gasteiger partial charge in [-0.3, -0.25) is 19.7 Å². The van der Waals surface area contributed by atoms with Crippen molar-refractivity contribution in [1.82, 2.24) is 25.2 Å². The van der Waals surface area contributed by atoms with Crippen LogP contribution in [0.3, 0.4) is 0 Å². The molecule has 10 nitrogen and oxygen atoms in total. The third-order valence-corrected chi connectivity index (χ3v) is 4.96. The molecule has 0 aromatic carbocycles. The number of ether oxygens (including phenoxy) is 2. The summed E-state index contributed by atoms with van der Waals surface area (Å²) in [5.74, 6) is -0.0162. The fraction of sp³-hybridized carbons (Fsp3) is 0.333. The Morgan fingerprint density at radius 1 is 1.32 bits per heavy atom. The SMILES string of the molecule is COc1cc2nccc(Nc3cnn(C4(C(=O)NO)CCOCC4)c3)c2cn1. The molecule has 3 aromatic rings. The van der Waals surface area contributed by atoms with Crippen molar-refractivity contribution in [3.63, 3.8) is 0 Å². The normalized spacial score (nSPS) is 15.9. The number of nitrogens with zero attached hydrogens (tertiary/aromatic N) is 4. The van der Waals surface area contributed by atoms with Crippen LogP contribution in [0.2, 0.25) is 0 Å². The first-order chi connectivity index (χ1) is 13.7. The summed E-state index contributed by atoms with van der Waals surface area (Å²) in [5, 5.41) is 17.7. The third-order valence-electron chi connectivity index (χ3n) is 4.96. The molecular formula is C18H20N6O4. The maximum atomic E-state index is 12.4. The Morgan fingerprint density at radius 3 is 2.89 bits per heavy atom. The second-order valence-corrected chi connectivity index (χ2v) is 6.49. The summed E-state index contributed by atoms with van der Waals surface area (Å²) in [7, 11) is 1.55. The molecular weight excluding hydrogens is 364 g/mol. The molecule has 146 valence electrons. The van der Waals surface area contributed by atoms with Gasteiger partial charge in [0.2, 0.25) is 5.88 Å². The molecule has 0 atom stereocenters. The van der Waals surface area contributed by atoms with Crippen LogP contribution in [0.15, 0.2) is 36.9 Å². The Labute approximate surface area is 160 Å². The minimum absolute atomic E-state index is 0.415. The fourth-order valence-electron chi connectivity index (χ4n) is 3.39. The highest BCUT2D eigenvalue weighted by molar-refractivity contribution is 5.92. The predicted octanol–water partition coefficient (Wildman–Crippen LogP) is 1.59. The first kappa shape index (κ1) is 18.1. The summed E-state index contributed by atoms with van der Waals surface area (Å²) in [6.45, 7) is 0.830. The molecule has 28 heavy (non-hydrogen) atoms. The molecule has 10 heteroatoms. The summed E-state index contributed by atoms with van der Waals surface area (Å²) in [6.07, 6.45) is 7.58. The first-order valence-corrected chi connectivity index (χ1v) is 8.79. The lowest BCUT2D eigenvalue weighted by atomic mass is 9.89. The minimum Gasteiger partial charge on any atom is -0.481 e. The van der Waals surface area contributed by atoms with Crippen LogP contribution >= 0.6 is 0 Å². The van der Waals surface area contributed by atoms with Crippen LogP contribution < -0.4 is 15.5 Å². The van der Waals surface area contributed by atoms with Crippen LogP contribution in [-0.2, 0) is 15.1 Å². The number of aromatic nitrogens is 4. The molecule has 4 heterocycles. The van der Waals surface area contributed by atoms with Crippen LogP contribution in [0.5, 0.6) is 5.88 Å². The zero-order valence-corrected chi connectivity index (χ0v) is 15.3. The third kappa shape index (κ3) is 3.12. The molecule has 1 aliphatic rings. The molecule has 3 aromatic heterocycles. The largest absolute Gasteiger partial charge is 0.481 e. The van der Waals surface area contributed by atoms with Crippen LogP contribution in [0, 0.1) is 0 Å². The number of nitrogens with one attached hydrogen (secondary N) is 2. The summed E-state index contributed by atoms with van der Waals surface area (Å²) in [6, 6.07) is 3.59. The molecule has 1 amide bonds. The van der Waals surface area contributed by atoms with Gasteiger partial charge in [-0.2, -0.15) is 5.10 Å². The maximum Gasteiger partial charge on any atom is 0.271 e. The highest BCUT2D eigenvalue weighted by atomic mass is 16.5. The van der Waals surface area contributed by atoms with Gasteiger partial charge in [-0.25, -0.2) is 10.5 Å². The van der Waals surface area contributed by atoms with Gasteiger partial charge in [0.1, 0.15) is 5.54 Å². The number of hydrogen-bond acceptors (Lipinski definition) is 8. The van der Waals surface area contributed by atoms with Crippen molar-refractivity contribution in [2.24, 2.45) is 0 Å². The van der Waals surface area contributed by atoms with Gasteiger partial charge >= 0.3 is 0 Å². The molecule has 1 aliphatic heterocycles. The Hall–Kier alpha value is -3.24. The van der Waals surface area contributed by atoms with Gasteiger partial charge in [0.15, 0.2) is 0 Å². The van der Waals surface area contributed by atoms with Crippen LogP contribution in [0.4, 0.5) is 11.4 Å². The minimum atomic E-state index is -0.984. The number of carbonyl (C=O) groups is 1. The summed E-state index contributed by atoms with van der Waals surface area (Å²) in [4.78, 5) is 20.9. The second kappa shape index (κ2) is 7.41. The van der Waals surface area contributed by atoms with Crippen molar-refractivity contribution < 1.29 is 19.5 Å². The number of pyridine rings is 2. The predicted molar refractivity (Wildman–Crippen MR) is 99.6 cm³/mol. The van der Waals surface area contributed by atoms with Gasteiger partial charge in [-0.1, -0.05) is 0 Å². The van der Waals surface area contributed by atoms with E-state index in [2.05, 4.69) is 20.4 Å². The van der Waals surface area contributed by atoms with Crippen LogP contribution in [0.1, 0.15) is 12.8 Å². The van der Waals surface area contributed by atoms with Crippen molar-refractivity contribution in [2.45, 2.75) is 18.4 Å². The van der Waals surface area contributed by atoms with Gasteiger partial charge in [0.05, 0.1) is 30.2 Å². The van der Waals surface area contributed by atoms with E-state index in [0.29, 0.717) is 37.6 Å². The highest BCUT2D eigenvalue weighted by Gasteiger charge is 2.42. The Bertz CT molecular complexity index is 999. The molecule has 0 spiro atoms. The van der Waals surface area contributed by atoms with E-state index in [1.807, 2.05) is 6.07 Å². The van der Waals surface area contributed by atoms with E-state index in [1.54, 1.807) is 48.1 Å². The number of hydrogen-bond donors (Lipinski definition) is 3. The Balaban J connectivity index is 1.65. The molecule has 1 fully saturated rings. The van der Waals surface area contributed by atoms with E-state index in [9.17, 15) is 10.0 Å². The number of anilines is 2. The first-order valence-electron chi connectivity index (χ1n) is 8.79. The second-order valence-electron chi connectivity index (χ2n) is 6.49. The zero-order valence-electron chi connectivity index (χ0n) is 15.3. The smallest absolute Gasteiger partial charge is 0.271 e. The fourth-order valence-corrected chi connectivity index (χ4v) is 3.39. The van der Waals surface area contributed by atoms with E-state index in [0.717, 1.165) is 16.6 Å². The van der Waals surface area contributed by atoms with E-state index in [1.165, 1.54) is 0 Å². The van der Waals surface area contributed by atoms with Crippen molar-refractivity contribution in [2.75, 3.05) is 25.6 Å². The summed E-state index contributed by atoms with van der Waals surface area (Å²) >= 11 is 0. The number of carbonyl (C=O) groups excluding carboxylic acids is 1. The number of rotatable bonds is 5. The van der Waals surface area contributed by atoms with E-state index < -0.39 is 11.4 Å². The maximum absolute atomic E-state index is 12.4. The van der Waals surface area contributed by atoms with E-state index >= 15 is 0 Å². The average molecular weight is 384 g/mol. The van der Waals surface area contributed by atoms with Crippen molar-refractivity contribution in [1.29, 1.82) is 0 Å². The zero-order chi connectivity index (χ0) is 19.6. The molecule has 3 N–H and O–H groups in total. The standard InChI is InChI=1S/C18H20N6O4/c1-27-16-8-15-13(10-20-16)14(2-5-19-15)22-12-9-21-24(11-12)18(17(25)23-26)3-6-28-7-4-18/h2,5,8-11,26H,3-4,6-7H2,1H3,(H,19,22)(H,23,25). The Kier molecular flexibility index (Phi) is 4.80. The quantitative estimate of drug-likeness (QED) is 0.448. The van der Waals surface area contributed by atoms with Gasteiger partial charge in [-0.05, 0) is 6.07 Å². The van der Waals surface area contributed by atoms with Gasteiger partial charge in [-0.15, -0.1) is 0 Å². The number of hydroxylamine groups is 1. The average Bonchev–Trinajstić information content (AvgIpc) is 3.22. The molecule has 0 aliphatic carbocycles. The van der Waals surface area contributed by atoms with E-state index in [4.69, 9.17) is 9.47 Å².